The third-order valence-electron chi connectivity index (χ3n) is 3.95. The molecule has 6 heteroatoms. The molecule has 0 radical (unpaired) electrons. The lowest BCUT2D eigenvalue weighted by Crippen LogP contribution is -2.51. The number of amides is 2. The van der Waals surface area contributed by atoms with E-state index < -0.39 is 0 Å². The first kappa shape index (κ1) is 15.6. The number of carbonyl (C=O) groups excluding carboxylic acids is 1. The molecule has 0 unspecified atom stereocenters. The topological polar surface area (TPSA) is 48.5 Å². The molecule has 1 N–H and O–H groups in total. The van der Waals surface area contributed by atoms with Crippen LogP contribution in [0.5, 0.6) is 0 Å². The highest BCUT2D eigenvalue weighted by atomic mass is 35.5. The van der Waals surface area contributed by atoms with Crippen LogP contribution in [0, 0.1) is 0 Å². The van der Waals surface area contributed by atoms with Crippen molar-refractivity contribution in [1.82, 2.24) is 15.2 Å². The minimum Gasteiger partial charge on any atom is -0.367 e. The van der Waals surface area contributed by atoms with Crippen molar-refractivity contribution < 1.29 is 4.79 Å². The van der Waals surface area contributed by atoms with Gasteiger partial charge in [-0.3, -0.25) is 4.98 Å². The molecule has 1 aromatic carbocycles. The van der Waals surface area contributed by atoms with E-state index in [2.05, 4.69) is 15.2 Å². The average molecular weight is 331 g/mol. The van der Waals surface area contributed by atoms with Crippen LogP contribution in [0.25, 0.3) is 0 Å². The van der Waals surface area contributed by atoms with E-state index in [0.717, 1.165) is 29.4 Å². The lowest BCUT2D eigenvalue weighted by Gasteiger charge is -2.36. The summed E-state index contributed by atoms with van der Waals surface area (Å²) in [5, 5.41) is 3.70. The van der Waals surface area contributed by atoms with Crippen LogP contribution in [-0.2, 0) is 6.54 Å². The van der Waals surface area contributed by atoms with Gasteiger partial charge in [0.1, 0.15) is 0 Å². The van der Waals surface area contributed by atoms with Gasteiger partial charge in [-0.25, -0.2) is 4.79 Å². The molecule has 0 spiro atoms. The second-order valence-electron chi connectivity index (χ2n) is 5.44. The van der Waals surface area contributed by atoms with E-state index in [0.29, 0.717) is 19.6 Å². The largest absolute Gasteiger partial charge is 0.367 e. The van der Waals surface area contributed by atoms with Gasteiger partial charge in [0, 0.05) is 45.1 Å². The van der Waals surface area contributed by atoms with Crippen molar-refractivity contribution in [3.8, 4) is 0 Å². The molecule has 2 heterocycles. The Morgan fingerprint density at radius 2 is 1.78 bits per heavy atom. The van der Waals surface area contributed by atoms with Crippen molar-refractivity contribution in [1.29, 1.82) is 0 Å². The molecule has 1 aliphatic heterocycles. The molecule has 1 aliphatic rings. The van der Waals surface area contributed by atoms with Gasteiger partial charge in [-0.1, -0.05) is 23.7 Å². The molecule has 0 saturated carbocycles. The minimum absolute atomic E-state index is 0.0272. The van der Waals surface area contributed by atoms with Crippen LogP contribution >= 0.6 is 11.6 Å². The van der Waals surface area contributed by atoms with E-state index in [-0.39, 0.29) is 6.03 Å². The summed E-state index contributed by atoms with van der Waals surface area (Å²) in [5.74, 6) is 0. The van der Waals surface area contributed by atoms with E-state index in [4.69, 9.17) is 11.6 Å². The fraction of sp³-hybridized carbons (Fsp3) is 0.294. The smallest absolute Gasteiger partial charge is 0.317 e. The number of nitrogens with one attached hydrogen (secondary N) is 1. The number of benzene rings is 1. The molecule has 2 amide bonds. The van der Waals surface area contributed by atoms with Gasteiger partial charge in [0.25, 0.3) is 0 Å². The summed E-state index contributed by atoms with van der Waals surface area (Å²) in [6.07, 6.45) is 3.45. The SMILES string of the molecule is O=C(NCc1ccncc1)N1CCN(c2ccccc2Cl)CC1. The van der Waals surface area contributed by atoms with Crippen LogP contribution in [0.1, 0.15) is 5.56 Å². The maximum Gasteiger partial charge on any atom is 0.317 e. The number of aromatic nitrogens is 1. The Hall–Kier alpha value is -2.27. The minimum atomic E-state index is -0.0272. The Labute approximate surface area is 140 Å². The number of carbonyl (C=O) groups is 1. The van der Waals surface area contributed by atoms with E-state index in [9.17, 15) is 4.79 Å². The zero-order valence-corrected chi connectivity index (χ0v) is 13.5. The van der Waals surface area contributed by atoms with Crippen molar-refractivity contribution in [3.63, 3.8) is 0 Å². The summed E-state index contributed by atoms with van der Waals surface area (Å²) < 4.78 is 0. The molecule has 2 aromatic rings. The van der Waals surface area contributed by atoms with Crippen LogP contribution in [0.15, 0.2) is 48.8 Å². The van der Waals surface area contributed by atoms with Gasteiger partial charge < -0.3 is 15.1 Å². The van der Waals surface area contributed by atoms with Crippen LogP contribution in [-0.4, -0.2) is 42.1 Å². The first-order valence-corrected chi connectivity index (χ1v) is 8.03. The van der Waals surface area contributed by atoms with Crippen molar-refractivity contribution in [2.45, 2.75) is 6.54 Å². The number of urea groups is 1. The first-order valence-electron chi connectivity index (χ1n) is 7.65. The number of anilines is 1. The molecule has 0 atom stereocenters. The summed E-state index contributed by atoms with van der Waals surface area (Å²) in [4.78, 5) is 20.3. The number of rotatable bonds is 3. The van der Waals surface area contributed by atoms with Gasteiger partial charge in [-0.05, 0) is 29.8 Å². The van der Waals surface area contributed by atoms with Crippen LogP contribution < -0.4 is 10.2 Å². The first-order chi connectivity index (χ1) is 11.2. The number of nitrogens with zero attached hydrogens (tertiary/aromatic N) is 3. The molecule has 3 rings (SSSR count). The predicted octanol–water partition coefficient (Wildman–Crippen LogP) is 2.77. The van der Waals surface area contributed by atoms with E-state index in [1.54, 1.807) is 12.4 Å². The maximum absolute atomic E-state index is 12.2. The fourth-order valence-electron chi connectivity index (χ4n) is 2.65. The van der Waals surface area contributed by atoms with Gasteiger partial charge in [0.15, 0.2) is 0 Å². The Morgan fingerprint density at radius 1 is 1.09 bits per heavy atom. The molecule has 1 aromatic heterocycles. The molecule has 1 fully saturated rings. The number of para-hydroxylation sites is 1. The summed E-state index contributed by atoms with van der Waals surface area (Å²) in [6.45, 7) is 3.46. The second kappa shape index (κ2) is 7.33. The maximum atomic E-state index is 12.2. The molecular formula is C17H19ClN4O. The monoisotopic (exact) mass is 330 g/mol. The third-order valence-corrected chi connectivity index (χ3v) is 4.27. The molecule has 120 valence electrons. The highest BCUT2D eigenvalue weighted by molar-refractivity contribution is 6.33. The average Bonchev–Trinajstić information content (AvgIpc) is 2.61. The van der Waals surface area contributed by atoms with Crippen molar-refractivity contribution >= 4 is 23.3 Å². The normalized spacial score (nSPS) is 14.7. The number of hydrogen-bond donors (Lipinski definition) is 1. The summed E-state index contributed by atoms with van der Waals surface area (Å²) in [6, 6.07) is 11.6. The fourth-order valence-corrected chi connectivity index (χ4v) is 2.90. The summed E-state index contributed by atoms with van der Waals surface area (Å²) in [7, 11) is 0. The van der Waals surface area contributed by atoms with E-state index in [1.165, 1.54) is 0 Å². The van der Waals surface area contributed by atoms with Gasteiger partial charge in [0.05, 0.1) is 10.7 Å². The van der Waals surface area contributed by atoms with E-state index in [1.807, 2.05) is 41.3 Å². The van der Waals surface area contributed by atoms with Crippen LogP contribution in [0.4, 0.5) is 10.5 Å². The molecule has 5 nitrogen and oxygen atoms in total. The molecule has 23 heavy (non-hydrogen) atoms. The zero-order valence-electron chi connectivity index (χ0n) is 12.8. The van der Waals surface area contributed by atoms with Crippen LogP contribution in [0.2, 0.25) is 5.02 Å². The van der Waals surface area contributed by atoms with Crippen molar-refractivity contribution in [2.24, 2.45) is 0 Å². The van der Waals surface area contributed by atoms with Gasteiger partial charge in [-0.15, -0.1) is 0 Å². The lowest BCUT2D eigenvalue weighted by atomic mass is 10.2. The number of pyridine rings is 1. The Bertz CT molecular complexity index is 657. The van der Waals surface area contributed by atoms with Crippen molar-refractivity contribution in [3.05, 3.63) is 59.4 Å². The molecular weight excluding hydrogens is 312 g/mol. The molecule has 0 bridgehead atoms. The van der Waals surface area contributed by atoms with Gasteiger partial charge >= 0.3 is 6.03 Å². The molecule has 0 aliphatic carbocycles. The van der Waals surface area contributed by atoms with E-state index >= 15 is 0 Å². The summed E-state index contributed by atoms with van der Waals surface area (Å²) >= 11 is 6.23. The van der Waals surface area contributed by atoms with Gasteiger partial charge in [-0.2, -0.15) is 0 Å². The summed E-state index contributed by atoms with van der Waals surface area (Å²) in [5.41, 5.74) is 2.08. The Kier molecular flexibility index (Phi) is 4.98. The standard InChI is InChI=1S/C17H19ClN4O/c18-15-3-1-2-4-16(15)21-9-11-22(12-10-21)17(23)20-13-14-5-7-19-8-6-14/h1-8H,9-13H2,(H,20,23). The number of halogens is 1. The number of hydrogen-bond acceptors (Lipinski definition) is 3. The third kappa shape index (κ3) is 3.93. The Balaban J connectivity index is 1.50. The van der Waals surface area contributed by atoms with Gasteiger partial charge in [0.2, 0.25) is 0 Å². The molecule has 1 saturated heterocycles. The predicted molar refractivity (Wildman–Crippen MR) is 91.7 cm³/mol. The Morgan fingerprint density at radius 3 is 2.48 bits per heavy atom. The lowest BCUT2D eigenvalue weighted by molar-refractivity contribution is 0.194. The van der Waals surface area contributed by atoms with Crippen molar-refractivity contribution in [2.75, 3.05) is 31.1 Å². The van der Waals surface area contributed by atoms with Crippen LogP contribution in [0.3, 0.4) is 0 Å². The number of piperazine rings is 1. The second-order valence-corrected chi connectivity index (χ2v) is 5.85. The highest BCUT2D eigenvalue weighted by Crippen LogP contribution is 2.25. The highest BCUT2D eigenvalue weighted by Gasteiger charge is 2.21. The quantitative estimate of drug-likeness (QED) is 0.941. The zero-order chi connectivity index (χ0) is 16.1.